The van der Waals surface area contributed by atoms with Crippen molar-refractivity contribution >= 4 is 31.7 Å². The zero-order valence-electron chi connectivity index (χ0n) is 12.7. The maximum atomic E-state index is 12.2. The predicted octanol–water partition coefficient (Wildman–Crippen LogP) is 2.27. The average Bonchev–Trinajstić information content (AvgIpc) is 2.47. The summed E-state index contributed by atoms with van der Waals surface area (Å²) in [6.45, 7) is 4.18. The lowest BCUT2D eigenvalue weighted by atomic mass is 10.0. The summed E-state index contributed by atoms with van der Waals surface area (Å²) in [4.78, 5) is 6.60. The van der Waals surface area contributed by atoms with E-state index in [0.717, 1.165) is 24.0 Å². The van der Waals surface area contributed by atoms with Crippen LogP contribution in [0.2, 0.25) is 0 Å². The highest BCUT2D eigenvalue weighted by Crippen LogP contribution is 2.16. The predicted molar refractivity (Wildman–Crippen MR) is 92.7 cm³/mol. The molecule has 1 aromatic carbocycles. The van der Waals surface area contributed by atoms with E-state index in [9.17, 15) is 8.42 Å². The first-order chi connectivity index (χ1) is 10.4. The van der Waals surface area contributed by atoms with Crippen molar-refractivity contribution in [1.82, 2.24) is 4.90 Å². The van der Waals surface area contributed by atoms with E-state index in [2.05, 4.69) is 27.8 Å². The topological polar surface area (TPSA) is 75.8 Å². The van der Waals surface area contributed by atoms with Crippen LogP contribution >= 0.6 is 15.9 Å². The van der Waals surface area contributed by atoms with Crippen molar-refractivity contribution in [2.75, 3.05) is 25.4 Å². The van der Waals surface area contributed by atoms with Gasteiger partial charge in [0, 0.05) is 17.6 Å². The molecule has 1 aromatic rings. The Kier molecular flexibility index (Phi) is 5.86. The van der Waals surface area contributed by atoms with Gasteiger partial charge in [-0.05, 0) is 43.0 Å². The third-order valence-electron chi connectivity index (χ3n) is 3.79. The molecule has 1 aliphatic heterocycles. The number of benzene rings is 1. The third kappa shape index (κ3) is 4.71. The molecule has 1 atom stereocenters. The van der Waals surface area contributed by atoms with E-state index in [-0.39, 0.29) is 12.3 Å². The van der Waals surface area contributed by atoms with Crippen LogP contribution in [0.5, 0.6) is 0 Å². The van der Waals surface area contributed by atoms with Crippen LogP contribution in [0.25, 0.3) is 0 Å². The van der Waals surface area contributed by atoms with Gasteiger partial charge in [0.25, 0.3) is 0 Å². The fraction of sp³-hybridized carbons (Fsp3) is 0.533. The summed E-state index contributed by atoms with van der Waals surface area (Å²) in [6, 6.07) is 6.64. The summed E-state index contributed by atoms with van der Waals surface area (Å²) in [5, 5.41) is 0. The maximum absolute atomic E-state index is 12.2. The molecule has 1 aliphatic rings. The Morgan fingerprint density at radius 2 is 2.09 bits per heavy atom. The lowest BCUT2D eigenvalue weighted by Crippen LogP contribution is -2.43. The monoisotopic (exact) mass is 387 g/mol. The van der Waals surface area contributed by atoms with Gasteiger partial charge in [0.05, 0.1) is 17.2 Å². The van der Waals surface area contributed by atoms with Gasteiger partial charge in [0.15, 0.2) is 15.8 Å². The van der Waals surface area contributed by atoms with E-state index in [1.807, 2.05) is 4.90 Å². The van der Waals surface area contributed by atoms with Crippen molar-refractivity contribution in [3.63, 3.8) is 0 Å². The minimum atomic E-state index is -3.32. The molecule has 1 heterocycles. The standard InChI is InChI=1S/C15H22BrN3O2S/c1-12-3-2-9-19(11-12)15(17)18-8-10-22(20,21)14-6-4-13(16)5-7-14/h4-7,12H,2-3,8-11H2,1H3,(H2,17,18). The zero-order valence-corrected chi connectivity index (χ0v) is 15.1. The number of rotatable bonds is 4. The highest BCUT2D eigenvalue weighted by Gasteiger charge is 2.18. The van der Waals surface area contributed by atoms with Crippen LogP contribution in [-0.2, 0) is 9.84 Å². The first-order valence-corrected chi connectivity index (χ1v) is 9.86. The molecule has 0 aliphatic carbocycles. The summed E-state index contributed by atoms with van der Waals surface area (Å²) in [5.41, 5.74) is 5.97. The molecule has 2 N–H and O–H groups in total. The van der Waals surface area contributed by atoms with Gasteiger partial charge in [-0.15, -0.1) is 0 Å². The van der Waals surface area contributed by atoms with Crippen molar-refractivity contribution in [3.8, 4) is 0 Å². The Hall–Kier alpha value is -1.08. The molecule has 2 rings (SSSR count). The van der Waals surface area contributed by atoms with Crippen molar-refractivity contribution in [2.24, 2.45) is 16.6 Å². The highest BCUT2D eigenvalue weighted by molar-refractivity contribution is 9.10. The van der Waals surface area contributed by atoms with E-state index in [0.29, 0.717) is 16.8 Å². The van der Waals surface area contributed by atoms with Crippen molar-refractivity contribution in [1.29, 1.82) is 0 Å². The van der Waals surface area contributed by atoms with E-state index in [1.54, 1.807) is 24.3 Å². The fourth-order valence-corrected chi connectivity index (χ4v) is 3.92. The minimum absolute atomic E-state index is 0.0290. The zero-order chi connectivity index (χ0) is 16.2. The number of aliphatic imine (C=N–C) groups is 1. The van der Waals surface area contributed by atoms with Gasteiger partial charge in [0.1, 0.15) is 0 Å². The normalized spacial score (nSPS) is 20.2. The van der Waals surface area contributed by atoms with Crippen LogP contribution in [0.3, 0.4) is 0 Å². The van der Waals surface area contributed by atoms with Crippen molar-refractivity contribution in [3.05, 3.63) is 28.7 Å². The molecule has 0 spiro atoms. The maximum Gasteiger partial charge on any atom is 0.191 e. The summed E-state index contributed by atoms with van der Waals surface area (Å²) in [6.07, 6.45) is 2.32. The van der Waals surface area contributed by atoms with E-state index in [4.69, 9.17) is 5.73 Å². The van der Waals surface area contributed by atoms with Gasteiger partial charge >= 0.3 is 0 Å². The van der Waals surface area contributed by atoms with Crippen molar-refractivity contribution < 1.29 is 8.42 Å². The number of piperidine rings is 1. The molecule has 0 radical (unpaired) electrons. The average molecular weight is 388 g/mol. The molecular weight excluding hydrogens is 366 g/mol. The summed E-state index contributed by atoms with van der Waals surface area (Å²) < 4.78 is 25.3. The van der Waals surface area contributed by atoms with Crippen LogP contribution in [0, 0.1) is 5.92 Å². The molecule has 0 saturated carbocycles. The smallest absolute Gasteiger partial charge is 0.191 e. The van der Waals surface area contributed by atoms with Gasteiger partial charge in [-0.1, -0.05) is 22.9 Å². The van der Waals surface area contributed by atoms with Gasteiger partial charge in [-0.3, -0.25) is 4.99 Å². The Bertz CT molecular complexity index is 629. The first kappa shape index (κ1) is 17.3. The van der Waals surface area contributed by atoms with Crippen LogP contribution in [0.4, 0.5) is 0 Å². The molecule has 7 heteroatoms. The lowest BCUT2D eigenvalue weighted by molar-refractivity contribution is 0.270. The van der Waals surface area contributed by atoms with E-state index in [1.165, 1.54) is 6.42 Å². The van der Waals surface area contributed by atoms with Crippen molar-refractivity contribution in [2.45, 2.75) is 24.7 Å². The summed E-state index contributed by atoms with van der Waals surface area (Å²) in [5.74, 6) is 1.03. The van der Waals surface area contributed by atoms with Gasteiger partial charge < -0.3 is 10.6 Å². The molecule has 122 valence electrons. The number of likely N-dealkylation sites (tertiary alicyclic amines) is 1. The van der Waals surface area contributed by atoms with E-state index < -0.39 is 9.84 Å². The SMILES string of the molecule is CC1CCCN(C(N)=NCCS(=O)(=O)c2ccc(Br)cc2)C1. The van der Waals surface area contributed by atoms with Crippen LogP contribution < -0.4 is 5.73 Å². The number of hydrogen-bond donors (Lipinski definition) is 1. The number of nitrogens with zero attached hydrogens (tertiary/aromatic N) is 2. The second-order valence-electron chi connectivity index (χ2n) is 5.71. The largest absolute Gasteiger partial charge is 0.370 e. The molecule has 22 heavy (non-hydrogen) atoms. The summed E-state index contributed by atoms with van der Waals surface area (Å²) >= 11 is 3.29. The third-order valence-corrected chi connectivity index (χ3v) is 6.03. The second-order valence-corrected chi connectivity index (χ2v) is 8.73. The molecule has 1 saturated heterocycles. The van der Waals surface area contributed by atoms with Crippen LogP contribution in [0.1, 0.15) is 19.8 Å². The summed E-state index contributed by atoms with van der Waals surface area (Å²) in [7, 11) is -3.32. The number of halogens is 1. The van der Waals surface area contributed by atoms with Crippen LogP contribution in [-0.4, -0.2) is 44.7 Å². The van der Waals surface area contributed by atoms with Crippen LogP contribution in [0.15, 0.2) is 38.6 Å². The number of nitrogens with two attached hydrogens (primary N) is 1. The fourth-order valence-electron chi connectivity index (χ4n) is 2.54. The molecule has 0 bridgehead atoms. The molecule has 5 nitrogen and oxygen atoms in total. The lowest BCUT2D eigenvalue weighted by Gasteiger charge is -2.31. The molecular formula is C15H22BrN3O2S. The van der Waals surface area contributed by atoms with Gasteiger partial charge in [0.2, 0.25) is 0 Å². The van der Waals surface area contributed by atoms with E-state index >= 15 is 0 Å². The molecule has 1 unspecified atom stereocenters. The Balaban J connectivity index is 1.94. The number of guanidine groups is 1. The Morgan fingerprint density at radius 1 is 1.41 bits per heavy atom. The second kappa shape index (κ2) is 7.46. The highest BCUT2D eigenvalue weighted by atomic mass is 79.9. The molecule has 0 amide bonds. The first-order valence-electron chi connectivity index (χ1n) is 7.41. The Morgan fingerprint density at radius 3 is 2.73 bits per heavy atom. The number of hydrogen-bond acceptors (Lipinski definition) is 3. The quantitative estimate of drug-likeness (QED) is 0.634. The molecule has 1 fully saturated rings. The minimum Gasteiger partial charge on any atom is -0.370 e. The van der Waals surface area contributed by atoms with Gasteiger partial charge in [-0.25, -0.2) is 8.42 Å². The number of sulfone groups is 1. The Labute approximate surface area is 140 Å². The van der Waals surface area contributed by atoms with Gasteiger partial charge in [-0.2, -0.15) is 0 Å². The molecule has 0 aromatic heterocycles.